The summed E-state index contributed by atoms with van der Waals surface area (Å²) >= 11 is 0. The standard InChI is InChI=1S/C14H21N3O2/c1-10-7-13(18)12(8-15-10)14(19)17-6-4-5-11(17)9-16(2)3/h7-8,11H,4-6,9H2,1-3H3,(H,15,18). The summed E-state index contributed by atoms with van der Waals surface area (Å²) in [5, 5.41) is 0. The quantitative estimate of drug-likeness (QED) is 0.879. The van der Waals surface area contributed by atoms with Crippen LogP contribution in [0.5, 0.6) is 0 Å². The predicted octanol–water partition coefficient (Wildman–Crippen LogP) is 0.850. The van der Waals surface area contributed by atoms with Crippen molar-refractivity contribution in [2.75, 3.05) is 27.2 Å². The van der Waals surface area contributed by atoms with E-state index in [1.165, 1.54) is 12.3 Å². The van der Waals surface area contributed by atoms with Gasteiger partial charge in [-0.1, -0.05) is 0 Å². The molecular weight excluding hydrogens is 242 g/mol. The normalized spacial score (nSPS) is 19.2. The summed E-state index contributed by atoms with van der Waals surface area (Å²) in [6, 6.07) is 1.69. The van der Waals surface area contributed by atoms with Crippen molar-refractivity contribution in [2.45, 2.75) is 25.8 Å². The SMILES string of the molecule is Cc1cc(=O)c(C(=O)N2CCCC2CN(C)C)c[nH]1. The third kappa shape index (κ3) is 3.04. The smallest absolute Gasteiger partial charge is 0.259 e. The first-order valence-electron chi connectivity index (χ1n) is 6.64. The van der Waals surface area contributed by atoms with Gasteiger partial charge in [-0.25, -0.2) is 0 Å². The van der Waals surface area contributed by atoms with E-state index in [0.717, 1.165) is 31.6 Å². The summed E-state index contributed by atoms with van der Waals surface area (Å²) in [7, 11) is 4.00. The first-order valence-corrected chi connectivity index (χ1v) is 6.64. The molecule has 5 nitrogen and oxygen atoms in total. The molecule has 1 aromatic heterocycles. The topological polar surface area (TPSA) is 56.4 Å². The number of likely N-dealkylation sites (N-methyl/N-ethyl adjacent to an activating group) is 1. The van der Waals surface area contributed by atoms with Gasteiger partial charge in [-0.2, -0.15) is 0 Å². The van der Waals surface area contributed by atoms with E-state index in [4.69, 9.17) is 0 Å². The van der Waals surface area contributed by atoms with Crippen molar-refractivity contribution < 1.29 is 4.79 Å². The Kier molecular flexibility index (Phi) is 4.04. The highest BCUT2D eigenvalue weighted by Crippen LogP contribution is 2.19. The van der Waals surface area contributed by atoms with Crippen LogP contribution in [0.3, 0.4) is 0 Å². The summed E-state index contributed by atoms with van der Waals surface area (Å²) in [6.45, 7) is 3.39. The van der Waals surface area contributed by atoms with E-state index >= 15 is 0 Å². The minimum atomic E-state index is -0.197. The summed E-state index contributed by atoms with van der Waals surface area (Å²) in [5.41, 5.74) is 0.820. The molecule has 1 aliphatic rings. The minimum absolute atomic E-state index is 0.148. The van der Waals surface area contributed by atoms with Gasteiger partial charge in [-0.05, 0) is 33.9 Å². The van der Waals surface area contributed by atoms with Crippen molar-refractivity contribution in [2.24, 2.45) is 0 Å². The van der Waals surface area contributed by atoms with E-state index < -0.39 is 0 Å². The molecule has 1 N–H and O–H groups in total. The molecule has 1 aromatic rings. The molecule has 1 fully saturated rings. The number of hydrogen-bond donors (Lipinski definition) is 1. The van der Waals surface area contributed by atoms with Crippen LogP contribution in [0.25, 0.3) is 0 Å². The number of aryl methyl sites for hydroxylation is 1. The number of amides is 1. The lowest BCUT2D eigenvalue weighted by Gasteiger charge is -2.27. The van der Waals surface area contributed by atoms with Crippen molar-refractivity contribution in [3.05, 3.63) is 33.7 Å². The van der Waals surface area contributed by atoms with Crippen molar-refractivity contribution in [3.8, 4) is 0 Å². The highest BCUT2D eigenvalue weighted by atomic mass is 16.2. The van der Waals surface area contributed by atoms with Gasteiger partial charge in [0.1, 0.15) is 5.56 Å². The molecule has 0 radical (unpaired) electrons. The van der Waals surface area contributed by atoms with Crippen molar-refractivity contribution in [1.82, 2.24) is 14.8 Å². The Balaban J connectivity index is 2.21. The van der Waals surface area contributed by atoms with Gasteiger partial charge in [0.15, 0.2) is 5.43 Å². The Labute approximate surface area is 113 Å². The van der Waals surface area contributed by atoms with Crippen molar-refractivity contribution in [1.29, 1.82) is 0 Å². The van der Waals surface area contributed by atoms with Crippen LogP contribution in [-0.2, 0) is 0 Å². The third-order valence-electron chi connectivity index (χ3n) is 3.50. The molecule has 1 saturated heterocycles. The first-order chi connectivity index (χ1) is 8.99. The van der Waals surface area contributed by atoms with Crippen LogP contribution in [0, 0.1) is 6.92 Å². The molecule has 1 amide bonds. The van der Waals surface area contributed by atoms with Gasteiger partial charge in [0.2, 0.25) is 0 Å². The number of aromatic nitrogens is 1. The molecule has 2 heterocycles. The summed E-state index contributed by atoms with van der Waals surface area (Å²) in [6.07, 6.45) is 3.55. The lowest BCUT2D eigenvalue weighted by molar-refractivity contribution is 0.0715. The number of nitrogens with one attached hydrogen (secondary N) is 1. The molecule has 0 spiro atoms. The zero-order chi connectivity index (χ0) is 14.0. The lowest BCUT2D eigenvalue weighted by atomic mass is 10.2. The highest BCUT2D eigenvalue weighted by Gasteiger charge is 2.30. The molecule has 5 heteroatoms. The molecule has 0 bridgehead atoms. The summed E-state index contributed by atoms with van der Waals surface area (Å²) < 4.78 is 0. The summed E-state index contributed by atoms with van der Waals surface area (Å²) in [4.78, 5) is 31.2. The Morgan fingerprint density at radius 1 is 1.53 bits per heavy atom. The summed E-state index contributed by atoms with van der Waals surface area (Å²) in [5.74, 6) is -0.148. The number of pyridine rings is 1. The molecule has 1 aliphatic heterocycles. The second kappa shape index (κ2) is 5.57. The van der Waals surface area contributed by atoms with E-state index in [2.05, 4.69) is 9.88 Å². The number of carbonyl (C=O) groups excluding carboxylic acids is 1. The second-order valence-corrected chi connectivity index (χ2v) is 5.45. The Bertz CT molecular complexity index is 522. The largest absolute Gasteiger partial charge is 0.364 e. The number of hydrogen-bond acceptors (Lipinski definition) is 3. The molecule has 2 rings (SSSR count). The maximum atomic E-state index is 12.5. The van der Waals surface area contributed by atoms with Gasteiger partial charge in [-0.3, -0.25) is 9.59 Å². The van der Waals surface area contributed by atoms with Crippen LogP contribution in [0.2, 0.25) is 0 Å². The molecule has 1 atom stereocenters. The van der Waals surface area contributed by atoms with E-state index in [0.29, 0.717) is 0 Å². The van der Waals surface area contributed by atoms with Crippen LogP contribution in [-0.4, -0.2) is 53.9 Å². The number of rotatable bonds is 3. The number of carbonyl (C=O) groups is 1. The zero-order valence-corrected chi connectivity index (χ0v) is 11.8. The highest BCUT2D eigenvalue weighted by molar-refractivity contribution is 5.94. The predicted molar refractivity (Wildman–Crippen MR) is 74.4 cm³/mol. The van der Waals surface area contributed by atoms with Gasteiger partial charge in [0.25, 0.3) is 5.91 Å². The number of likely N-dealkylation sites (tertiary alicyclic amines) is 1. The van der Waals surface area contributed by atoms with Crippen LogP contribution >= 0.6 is 0 Å². The lowest BCUT2D eigenvalue weighted by Crippen LogP contribution is -2.42. The second-order valence-electron chi connectivity index (χ2n) is 5.45. The van der Waals surface area contributed by atoms with E-state index in [-0.39, 0.29) is 22.9 Å². The van der Waals surface area contributed by atoms with Crippen LogP contribution in [0.15, 0.2) is 17.1 Å². The van der Waals surface area contributed by atoms with E-state index in [1.807, 2.05) is 19.0 Å². The van der Waals surface area contributed by atoms with E-state index in [9.17, 15) is 9.59 Å². The average Bonchev–Trinajstić information content (AvgIpc) is 2.75. The van der Waals surface area contributed by atoms with Crippen LogP contribution in [0.4, 0.5) is 0 Å². The zero-order valence-electron chi connectivity index (χ0n) is 11.8. The first kappa shape index (κ1) is 13.8. The molecule has 0 saturated carbocycles. The Morgan fingerprint density at radius 2 is 2.26 bits per heavy atom. The maximum Gasteiger partial charge on any atom is 0.259 e. The average molecular weight is 263 g/mol. The maximum absolute atomic E-state index is 12.5. The van der Waals surface area contributed by atoms with Gasteiger partial charge in [-0.15, -0.1) is 0 Å². The molecule has 0 aromatic carbocycles. The number of H-pyrrole nitrogens is 1. The van der Waals surface area contributed by atoms with Crippen molar-refractivity contribution >= 4 is 5.91 Å². The van der Waals surface area contributed by atoms with E-state index in [1.54, 1.807) is 6.92 Å². The minimum Gasteiger partial charge on any atom is -0.364 e. The number of aromatic amines is 1. The number of nitrogens with zero attached hydrogens (tertiary/aromatic N) is 2. The van der Waals surface area contributed by atoms with Crippen LogP contribution in [0.1, 0.15) is 28.9 Å². The molecule has 1 unspecified atom stereocenters. The van der Waals surface area contributed by atoms with Gasteiger partial charge >= 0.3 is 0 Å². The molecular formula is C14H21N3O2. The van der Waals surface area contributed by atoms with Gasteiger partial charge in [0.05, 0.1) is 0 Å². The fourth-order valence-electron chi connectivity index (χ4n) is 2.61. The molecule has 0 aliphatic carbocycles. The Hall–Kier alpha value is -1.62. The van der Waals surface area contributed by atoms with Gasteiger partial charge < -0.3 is 14.8 Å². The fraction of sp³-hybridized carbons (Fsp3) is 0.571. The fourth-order valence-corrected chi connectivity index (χ4v) is 2.61. The molecule has 19 heavy (non-hydrogen) atoms. The van der Waals surface area contributed by atoms with Gasteiger partial charge in [0, 0.05) is 37.1 Å². The monoisotopic (exact) mass is 263 g/mol. The van der Waals surface area contributed by atoms with Crippen molar-refractivity contribution in [3.63, 3.8) is 0 Å². The molecule has 104 valence electrons. The third-order valence-corrected chi connectivity index (χ3v) is 3.50. The van der Waals surface area contributed by atoms with Crippen LogP contribution < -0.4 is 5.43 Å². The Morgan fingerprint density at radius 3 is 2.89 bits per heavy atom.